The van der Waals surface area contributed by atoms with Gasteiger partial charge in [-0.1, -0.05) is 0 Å². The number of nitrogens with one attached hydrogen (secondary N) is 2. The number of carbonyl (C=O) groups excluding carboxylic acids is 1. The van der Waals surface area contributed by atoms with Crippen LogP contribution in [-0.4, -0.2) is 85.1 Å². The zero-order valence-electron chi connectivity index (χ0n) is 17.1. The standard InChI is InChI=1S/C18H33N7O2/c1-6-27-18(26)25-9-7-15(8-10-25)22-17(19-2)20-12-16(23(3)4)14-11-21-24(5)13-14/h11,13,15-16H,6-10,12H2,1-5H3,(H2,19,20,22). The summed E-state index contributed by atoms with van der Waals surface area (Å²) in [6.07, 6.45) is 5.46. The Morgan fingerprint density at radius 3 is 2.67 bits per heavy atom. The molecule has 0 radical (unpaired) electrons. The number of hydrogen-bond donors (Lipinski definition) is 2. The van der Waals surface area contributed by atoms with Crippen molar-refractivity contribution in [2.75, 3.05) is 47.4 Å². The Hall–Kier alpha value is -2.29. The van der Waals surface area contributed by atoms with Gasteiger partial charge < -0.3 is 25.2 Å². The highest BCUT2D eigenvalue weighted by molar-refractivity contribution is 5.80. The van der Waals surface area contributed by atoms with Crippen LogP contribution in [0, 0.1) is 0 Å². The second-order valence-electron chi connectivity index (χ2n) is 6.98. The van der Waals surface area contributed by atoms with E-state index in [9.17, 15) is 4.79 Å². The maximum Gasteiger partial charge on any atom is 0.409 e. The summed E-state index contributed by atoms with van der Waals surface area (Å²) in [4.78, 5) is 20.1. The normalized spacial score (nSPS) is 17.1. The minimum absolute atomic E-state index is 0.197. The number of carbonyl (C=O) groups is 1. The number of guanidine groups is 1. The average molecular weight is 380 g/mol. The molecule has 0 aliphatic carbocycles. The molecule has 0 aromatic carbocycles. The molecule has 1 aliphatic heterocycles. The van der Waals surface area contributed by atoms with Gasteiger partial charge >= 0.3 is 6.09 Å². The largest absolute Gasteiger partial charge is 0.450 e. The Labute approximate surface area is 161 Å². The summed E-state index contributed by atoms with van der Waals surface area (Å²) in [6.45, 7) is 4.36. The molecule has 1 amide bonds. The molecule has 2 N–H and O–H groups in total. The molecule has 1 aliphatic rings. The number of piperidine rings is 1. The average Bonchev–Trinajstić information content (AvgIpc) is 3.07. The third kappa shape index (κ3) is 6.13. The van der Waals surface area contributed by atoms with Crippen molar-refractivity contribution in [1.82, 2.24) is 30.2 Å². The minimum Gasteiger partial charge on any atom is -0.450 e. The summed E-state index contributed by atoms with van der Waals surface area (Å²) in [5.41, 5.74) is 1.16. The number of ether oxygens (including phenoxy) is 1. The molecule has 1 aromatic heterocycles. The van der Waals surface area contributed by atoms with Crippen molar-refractivity contribution >= 4 is 12.1 Å². The summed E-state index contributed by atoms with van der Waals surface area (Å²) in [5, 5.41) is 11.2. The number of nitrogens with zero attached hydrogens (tertiary/aromatic N) is 5. The molecule has 27 heavy (non-hydrogen) atoms. The third-order valence-electron chi connectivity index (χ3n) is 4.78. The van der Waals surface area contributed by atoms with Gasteiger partial charge in [-0.15, -0.1) is 0 Å². The molecule has 9 nitrogen and oxygen atoms in total. The van der Waals surface area contributed by atoms with Crippen LogP contribution in [0.15, 0.2) is 17.4 Å². The quantitative estimate of drug-likeness (QED) is 0.562. The van der Waals surface area contributed by atoms with Crippen molar-refractivity contribution in [2.24, 2.45) is 12.0 Å². The Morgan fingerprint density at radius 2 is 2.15 bits per heavy atom. The molecule has 9 heteroatoms. The van der Waals surface area contributed by atoms with Gasteiger partial charge in [-0.25, -0.2) is 4.79 Å². The SMILES string of the molecule is CCOC(=O)N1CCC(NC(=NC)NCC(c2cnn(C)c2)N(C)C)CC1. The highest BCUT2D eigenvalue weighted by Crippen LogP contribution is 2.16. The highest BCUT2D eigenvalue weighted by Gasteiger charge is 2.24. The number of hydrogen-bond acceptors (Lipinski definition) is 5. The Morgan fingerprint density at radius 1 is 1.44 bits per heavy atom. The molecule has 0 bridgehead atoms. The van der Waals surface area contributed by atoms with Crippen LogP contribution in [0.1, 0.15) is 31.4 Å². The van der Waals surface area contributed by atoms with Gasteiger partial charge in [-0.05, 0) is 33.9 Å². The van der Waals surface area contributed by atoms with Gasteiger partial charge in [0, 0.05) is 51.5 Å². The van der Waals surface area contributed by atoms with E-state index >= 15 is 0 Å². The first-order valence-electron chi connectivity index (χ1n) is 9.48. The van der Waals surface area contributed by atoms with Crippen LogP contribution in [-0.2, 0) is 11.8 Å². The molecule has 152 valence electrons. The molecule has 1 aromatic rings. The van der Waals surface area contributed by atoms with E-state index < -0.39 is 0 Å². The number of aromatic nitrogens is 2. The predicted molar refractivity (Wildman–Crippen MR) is 106 cm³/mol. The van der Waals surface area contributed by atoms with E-state index in [1.807, 2.05) is 31.0 Å². The lowest BCUT2D eigenvalue weighted by atomic mass is 10.1. The van der Waals surface area contributed by atoms with Gasteiger partial charge in [0.1, 0.15) is 0 Å². The van der Waals surface area contributed by atoms with E-state index in [4.69, 9.17) is 4.74 Å². The zero-order chi connectivity index (χ0) is 19.8. The molecular formula is C18H33N7O2. The van der Waals surface area contributed by atoms with Crippen molar-refractivity contribution in [1.29, 1.82) is 0 Å². The van der Waals surface area contributed by atoms with Gasteiger partial charge in [-0.3, -0.25) is 9.67 Å². The molecule has 1 unspecified atom stereocenters. The summed E-state index contributed by atoms with van der Waals surface area (Å²) < 4.78 is 6.88. The lowest BCUT2D eigenvalue weighted by Crippen LogP contribution is -2.50. The molecule has 2 heterocycles. The van der Waals surface area contributed by atoms with Crippen molar-refractivity contribution in [3.05, 3.63) is 18.0 Å². The van der Waals surface area contributed by atoms with Crippen LogP contribution < -0.4 is 10.6 Å². The highest BCUT2D eigenvalue weighted by atomic mass is 16.6. The van der Waals surface area contributed by atoms with Crippen LogP contribution in [0.5, 0.6) is 0 Å². The first-order chi connectivity index (χ1) is 12.9. The second-order valence-corrected chi connectivity index (χ2v) is 6.98. The number of rotatable bonds is 6. The Balaban J connectivity index is 1.83. The number of likely N-dealkylation sites (tertiary alicyclic amines) is 1. The Bertz CT molecular complexity index is 621. The Kier molecular flexibility index (Phi) is 7.90. The van der Waals surface area contributed by atoms with Crippen molar-refractivity contribution < 1.29 is 9.53 Å². The van der Waals surface area contributed by atoms with Crippen molar-refractivity contribution in [3.8, 4) is 0 Å². The summed E-state index contributed by atoms with van der Waals surface area (Å²) in [5.74, 6) is 0.778. The molecule has 1 atom stereocenters. The second kappa shape index (κ2) is 10.1. The lowest BCUT2D eigenvalue weighted by molar-refractivity contribution is 0.0963. The van der Waals surface area contributed by atoms with E-state index in [1.54, 1.807) is 11.9 Å². The zero-order valence-corrected chi connectivity index (χ0v) is 17.1. The smallest absolute Gasteiger partial charge is 0.409 e. The van der Waals surface area contributed by atoms with Gasteiger partial charge in [0.2, 0.25) is 0 Å². The maximum absolute atomic E-state index is 11.8. The van der Waals surface area contributed by atoms with Gasteiger partial charge in [-0.2, -0.15) is 5.10 Å². The number of likely N-dealkylation sites (N-methyl/N-ethyl adjacent to an activating group) is 1. The summed E-state index contributed by atoms with van der Waals surface area (Å²) in [7, 11) is 7.81. The summed E-state index contributed by atoms with van der Waals surface area (Å²) >= 11 is 0. The molecule has 2 rings (SSSR count). The van der Waals surface area contributed by atoms with E-state index in [1.165, 1.54) is 0 Å². The molecule has 1 fully saturated rings. The molecule has 0 saturated carbocycles. The monoisotopic (exact) mass is 379 g/mol. The fourth-order valence-corrected chi connectivity index (χ4v) is 3.21. The van der Waals surface area contributed by atoms with Crippen molar-refractivity contribution in [2.45, 2.75) is 31.8 Å². The van der Waals surface area contributed by atoms with Crippen LogP contribution in [0.25, 0.3) is 0 Å². The lowest BCUT2D eigenvalue weighted by Gasteiger charge is -2.32. The van der Waals surface area contributed by atoms with E-state index in [0.29, 0.717) is 19.7 Å². The third-order valence-corrected chi connectivity index (χ3v) is 4.78. The van der Waals surface area contributed by atoms with E-state index in [-0.39, 0.29) is 18.2 Å². The minimum atomic E-state index is -0.219. The van der Waals surface area contributed by atoms with Crippen LogP contribution in [0.3, 0.4) is 0 Å². The van der Waals surface area contributed by atoms with Crippen LogP contribution in [0.4, 0.5) is 4.79 Å². The number of aliphatic imine (C=N–C) groups is 1. The first kappa shape index (κ1) is 21.0. The van der Waals surface area contributed by atoms with Gasteiger partial charge in [0.15, 0.2) is 5.96 Å². The van der Waals surface area contributed by atoms with E-state index in [2.05, 4.69) is 39.7 Å². The summed E-state index contributed by atoms with van der Waals surface area (Å²) in [6, 6.07) is 0.487. The van der Waals surface area contributed by atoms with E-state index in [0.717, 1.165) is 30.9 Å². The maximum atomic E-state index is 11.8. The molecule has 0 spiro atoms. The van der Waals surface area contributed by atoms with Gasteiger partial charge in [0.05, 0.1) is 18.8 Å². The fourth-order valence-electron chi connectivity index (χ4n) is 3.21. The fraction of sp³-hybridized carbons (Fsp3) is 0.722. The van der Waals surface area contributed by atoms with Crippen LogP contribution >= 0.6 is 0 Å². The topological polar surface area (TPSA) is 87.0 Å². The van der Waals surface area contributed by atoms with Gasteiger partial charge in [0.25, 0.3) is 0 Å². The van der Waals surface area contributed by atoms with Crippen molar-refractivity contribution in [3.63, 3.8) is 0 Å². The predicted octanol–water partition coefficient (Wildman–Crippen LogP) is 0.809. The number of amides is 1. The first-order valence-corrected chi connectivity index (χ1v) is 9.48. The molecule has 1 saturated heterocycles. The van der Waals surface area contributed by atoms with Crippen LogP contribution in [0.2, 0.25) is 0 Å². The molecular weight excluding hydrogens is 346 g/mol. The number of aryl methyl sites for hydroxylation is 1.